The minimum Gasteiger partial charge on any atom is -0.450 e. The second-order valence-corrected chi connectivity index (χ2v) is 5.36. The van der Waals surface area contributed by atoms with Gasteiger partial charge in [0.15, 0.2) is 0 Å². The van der Waals surface area contributed by atoms with E-state index in [4.69, 9.17) is 4.74 Å². The third-order valence-electron chi connectivity index (χ3n) is 3.53. The zero-order valence-electron chi connectivity index (χ0n) is 14.4. The van der Waals surface area contributed by atoms with E-state index >= 15 is 0 Å². The topological polar surface area (TPSA) is 97.3 Å². The zero-order valence-corrected chi connectivity index (χ0v) is 14.4. The summed E-state index contributed by atoms with van der Waals surface area (Å²) >= 11 is 0. The van der Waals surface area contributed by atoms with E-state index in [2.05, 4.69) is 20.9 Å². The number of hydrogen-bond acceptors (Lipinski definition) is 4. The van der Waals surface area contributed by atoms with Gasteiger partial charge in [0.05, 0.1) is 12.9 Å². The summed E-state index contributed by atoms with van der Waals surface area (Å²) < 4.78 is 6.81. The highest BCUT2D eigenvalue weighted by Crippen LogP contribution is 2.23. The smallest absolute Gasteiger partial charge is 0.411 e. The van der Waals surface area contributed by atoms with Gasteiger partial charge in [0.1, 0.15) is 0 Å². The lowest BCUT2D eigenvalue weighted by atomic mass is 10.1. The molecule has 1 aromatic carbocycles. The number of amides is 3. The standard InChI is InChI=1S/C17H23N5O3/c1-3-25-17(24)21-15-7-4-6-14(13(15)2)20-16(23)19-8-5-10-22-11-9-18-12-22/h4,6-7,9,11-12H,3,5,8,10H2,1-2H3,(H,21,24)(H2,19,20,23). The molecule has 1 aromatic heterocycles. The van der Waals surface area contributed by atoms with Gasteiger partial charge in [-0.25, -0.2) is 14.6 Å². The van der Waals surface area contributed by atoms with Gasteiger partial charge in [-0.15, -0.1) is 0 Å². The van der Waals surface area contributed by atoms with Crippen LogP contribution in [0, 0.1) is 6.92 Å². The second kappa shape index (κ2) is 9.31. The van der Waals surface area contributed by atoms with Crippen LogP contribution in [0.4, 0.5) is 21.0 Å². The number of urea groups is 1. The van der Waals surface area contributed by atoms with Crippen LogP contribution in [-0.2, 0) is 11.3 Å². The molecule has 0 radical (unpaired) electrons. The van der Waals surface area contributed by atoms with E-state index in [1.807, 2.05) is 17.7 Å². The Morgan fingerprint density at radius 1 is 1.24 bits per heavy atom. The number of imidazole rings is 1. The van der Waals surface area contributed by atoms with E-state index in [0.29, 0.717) is 24.5 Å². The van der Waals surface area contributed by atoms with Crippen LogP contribution in [0.25, 0.3) is 0 Å². The average molecular weight is 345 g/mol. The number of aryl methyl sites for hydroxylation is 1. The summed E-state index contributed by atoms with van der Waals surface area (Å²) in [5.74, 6) is 0. The van der Waals surface area contributed by atoms with Gasteiger partial charge >= 0.3 is 12.1 Å². The number of carbonyl (C=O) groups is 2. The highest BCUT2D eigenvalue weighted by molar-refractivity contribution is 5.93. The van der Waals surface area contributed by atoms with Crippen molar-refractivity contribution in [2.24, 2.45) is 0 Å². The third-order valence-corrected chi connectivity index (χ3v) is 3.53. The van der Waals surface area contributed by atoms with Gasteiger partial charge in [0, 0.05) is 36.9 Å². The Labute approximate surface area is 146 Å². The second-order valence-electron chi connectivity index (χ2n) is 5.36. The van der Waals surface area contributed by atoms with Crippen molar-refractivity contribution in [2.75, 3.05) is 23.8 Å². The first-order valence-electron chi connectivity index (χ1n) is 8.14. The van der Waals surface area contributed by atoms with Crippen molar-refractivity contribution in [1.29, 1.82) is 0 Å². The molecule has 0 saturated heterocycles. The summed E-state index contributed by atoms with van der Waals surface area (Å²) in [4.78, 5) is 27.5. The van der Waals surface area contributed by atoms with Crippen molar-refractivity contribution >= 4 is 23.5 Å². The Balaban J connectivity index is 1.82. The summed E-state index contributed by atoms with van der Waals surface area (Å²) in [5, 5.41) is 8.24. The average Bonchev–Trinajstić information content (AvgIpc) is 3.09. The van der Waals surface area contributed by atoms with E-state index in [9.17, 15) is 9.59 Å². The Bertz CT molecular complexity index is 700. The molecule has 0 spiro atoms. The molecule has 0 atom stereocenters. The van der Waals surface area contributed by atoms with Crippen LogP contribution >= 0.6 is 0 Å². The molecule has 2 aromatic rings. The lowest BCUT2D eigenvalue weighted by molar-refractivity contribution is 0.168. The first-order valence-corrected chi connectivity index (χ1v) is 8.14. The number of hydrogen-bond donors (Lipinski definition) is 3. The molecule has 8 nitrogen and oxygen atoms in total. The fraction of sp³-hybridized carbons (Fsp3) is 0.353. The fourth-order valence-electron chi connectivity index (χ4n) is 2.23. The van der Waals surface area contributed by atoms with Gasteiger partial charge in [-0.05, 0) is 38.0 Å². The van der Waals surface area contributed by atoms with Crippen LogP contribution < -0.4 is 16.0 Å². The molecule has 3 amide bonds. The molecule has 2 rings (SSSR count). The Morgan fingerprint density at radius 2 is 2.00 bits per heavy atom. The third kappa shape index (κ3) is 5.83. The van der Waals surface area contributed by atoms with E-state index in [-0.39, 0.29) is 6.03 Å². The number of anilines is 2. The quantitative estimate of drug-likeness (QED) is 0.672. The molecule has 0 fully saturated rings. The molecule has 0 aliphatic heterocycles. The number of nitrogens with zero attached hydrogens (tertiary/aromatic N) is 2. The van der Waals surface area contributed by atoms with Crippen LogP contribution in [0.3, 0.4) is 0 Å². The highest BCUT2D eigenvalue weighted by atomic mass is 16.5. The van der Waals surface area contributed by atoms with E-state index < -0.39 is 6.09 Å². The molecule has 1 heterocycles. The number of ether oxygens (including phenoxy) is 1. The molecule has 0 bridgehead atoms. The van der Waals surface area contributed by atoms with Crippen molar-refractivity contribution in [1.82, 2.24) is 14.9 Å². The zero-order chi connectivity index (χ0) is 18.1. The van der Waals surface area contributed by atoms with E-state index in [1.54, 1.807) is 37.6 Å². The van der Waals surface area contributed by atoms with E-state index in [0.717, 1.165) is 18.5 Å². The predicted molar refractivity (Wildman–Crippen MR) is 95.7 cm³/mol. The fourth-order valence-corrected chi connectivity index (χ4v) is 2.23. The Kier molecular flexibility index (Phi) is 6.82. The van der Waals surface area contributed by atoms with Gasteiger partial charge < -0.3 is 19.9 Å². The van der Waals surface area contributed by atoms with Gasteiger partial charge in [-0.3, -0.25) is 5.32 Å². The van der Waals surface area contributed by atoms with Crippen LogP contribution in [0.5, 0.6) is 0 Å². The lowest BCUT2D eigenvalue weighted by Gasteiger charge is -2.14. The largest absolute Gasteiger partial charge is 0.450 e. The highest BCUT2D eigenvalue weighted by Gasteiger charge is 2.10. The monoisotopic (exact) mass is 345 g/mol. The summed E-state index contributed by atoms with van der Waals surface area (Å²) in [6.45, 7) is 5.18. The van der Waals surface area contributed by atoms with Crippen LogP contribution in [-0.4, -0.2) is 34.8 Å². The first kappa shape index (κ1) is 18.3. The minimum absolute atomic E-state index is 0.290. The molecular formula is C17H23N5O3. The van der Waals surface area contributed by atoms with Crippen LogP contribution in [0.15, 0.2) is 36.9 Å². The molecule has 25 heavy (non-hydrogen) atoms. The SMILES string of the molecule is CCOC(=O)Nc1cccc(NC(=O)NCCCn2ccnc2)c1C. The Morgan fingerprint density at radius 3 is 2.68 bits per heavy atom. The Hall–Kier alpha value is -3.03. The maximum atomic E-state index is 12.0. The maximum absolute atomic E-state index is 12.0. The van der Waals surface area contributed by atoms with Gasteiger partial charge in [0.2, 0.25) is 0 Å². The van der Waals surface area contributed by atoms with Crippen molar-refractivity contribution < 1.29 is 14.3 Å². The molecule has 3 N–H and O–H groups in total. The van der Waals surface area contributed by atoms with Gasteiger partial charge in [-0.1, -0.05) is 6.07 Å². The molecule has 0 aliphatic carbocycles. The minimum atomic E-state index is -0.522. The summed E-state index contributed by atoms with van der Waals surface area (Å²) in [6, 6.07) is 4.99. The summed E-state index contributed by atoms with van der Waals surface area (Å²) in [5.41, 5.74) is 1.97. The number of carbonyl (C=O) groups excluding carboxylic acids is 2. The number of aromatic nitrogens is 2. The molecule has 0 aliphatic rings. The number of rotatable bonds is 7. The molecular weight excluding hydrogens is 322 g/mol. The van der Waals surface area contributed by atoms with Gasteiger partial charge in [-0.2, -0.15) is 0 Å². The molecule has 8 heteroatoms. The van der Waals surface area contributed by atoms with Gasteiger partial charge in [0.25, 0.3) is 0 Å². The molecule has 0 saturated carbocycles. The van der Waals surface area contributed by atoms with Crippen molar-refractivity contribution in [3.63, 3.8) is 0 Å². The predicted octanol–water partition coefficient (Wildman–Crippen LogP) is 2.97. The molecule has 0 unspecified atom stereocenters. The number of benzene rings is 1. The van der Waals surface area contributed by atoms with Crippen LogP contribution in [0.2, 0.25) is 0 Å². The van der Waals surface area contributed by atoms with Crippen LogP contribution in [0.1, 0.15) is 18.9 Å². The lowest BCUT2D eigenvalue weighted by Crippen LogP contribution is -2.30. The van der Waals surface area contributed by atoms with Crippen molar-refractivity contribution in [3.8, 4) is 0 Å². The number of nitrogens with one attached hydrogen (secondary N) is 3. The first-order chi connectivity index (χ1) is 12.1. The normalized spacial score (nSPS) is 10.2. The summed E-state index contributed by atoms with van der Waals surface area (Å²) in [6.07, 6.45) is 5.62. The van der Waals surface area contributed by atoms with E-state index in [1.165, 1.54) is 0 Å². The van der Waals surface area contributed by atoms with Crippen molar-refractivity contribution in [3.05, 3.63) is 42.5 Å². The summed E-state index contributed by atoms with van der Waals surface area (Å²) in [7, 11) is 0. The molecule has 134 valence electrons. The van der Waals surface area contributed by atoms with Crippen molar-refractivity contribution in [2.45, 2.75) is 26.8 Å². The maximum Gasteiger partial charge on any atom is 0.411 e.